The number of aliphatic hydroxyl groups is 1. The van der Waals surface area contributed by atoms with E-state index in [1.807, 2.05) is 24.3 Å². The van der Waals surface area contributed by atoms with Crippen LogP contribution in [0.4, 0.5) is 4.79 Å². The summed E-state index contributed by atoms with van der Waals surface area (Å²) in [5.41, 5.74) is 5.08. The van der Waals surface area contributed by atoms with Gasteiger partial charge in [0.15, 0.2) is 5.76 Å². The van der Waals surface area contributed by atoms with Crippen molar-refractivity contribution in [3.05, 3.63) is 76.7 Å². The van der Waals surface area contributed by atoms with Gasteiger partial charge in [-0.1, -0.05) is 48.0 Å². The molecule has 2 aromatic rings. The van der Waals surface area contributed by atoms with E-state index in [1.165, 1.54) is 29.4 Å². The van der Waals surface area contributed by atoms with Gasteiger partial charge in [-0.3, -0.25) is 4.90 Å². The van der Waals surface area contributed by atoms with Crippen LogP contribution < -0.4 is 4.74 Å². The summed E-state index contributed by atoms with van der Waals surface area (Å²) in [6.07, 6.45) is 2.74. The van der Waals surface area contributed by atoms with Crippen molar-refractivity contribution >= 4 is 30.2 Å². The molecule has 0 bridgehead atoms. The SMILES string of the molecule is COC(=O)OC1=C(O)CCN(CCC2=Cc3ccc(OC)cc32)C1.Cc1ccccc1.Cl. The highest BCUT2D eigenvalue weighted by Crippen LogP contribution is 2.37. The van der Waals surface area contributed by atoms with Gasteiger partial charge in [0.1, 0.15) is 11.5 Å². The first-order valence-corrected chi connectivity index (χ1v) is 10.3. The van der Waals surface area contributed by atoms with Crippen LogP contribution in [0.2, 0.25) is 0 Å². The molecule has 7 heteroatoms. The van der Waals surface area contributed by atoms with Gasteiger partial charge in [0.05, 0.1) is 20.8 Å². The Kier molecular flexibility index (Phi) is 9.62. The van der Waals surface area contributed by atoms with Crippen LogP contribution >= 0.6 is 12.4 Å². The first kappa shape index (κ1) is 25.3. The Hall–Kier alpha value is -2.96. The summed E-state index contributed by atoms with van der Waals surface area (Å²) in [5.74, 6) is 1.26. The quantitative estimate of drug-likeness (QED) is 0.586. The van der Waals surface area contributed by atoms with E-state index in [-0.39, 0.29) is 23.9 Å². The fourth-order valence-corrected chi connectivity index (χ4v) is 3.47. The van der Waals surface area contributed by atoms with E-state index < -0.39 is 6.16 Å². The monoisotopic (exact) mass is 459 g/mol. The van der Waals surface area contributed by atoms with E-state index in [4.69, 9.17) is 9.47 Å². The summed E-state index contributed by atoms with van der Waals surface area (Å²) >= 11 is 0. The second kappa shape index (κ2) is 12.2. The van der Waals surface area contributed by atoms with Crippen molar-refractivity contribution in [3.8, 4) is 5.75 Å². The average Bonchev–Trinajstić information content (AvgIpc) is 2.77. The lowest BCUT2D eigenvalue weighted by molar-refractivity contribution is 0.0793. The number of hydrogen-bond donors (Lipinski definition) is 1. The Labute approximate surface area is 195 Å². The summed E-state index contributed by atoms with van der Waals surface area (Å²) in [5, 5.41) is 9.85. The van der Waals surface area contributed by atoms with Crippen molar-refractivity contribution in [1.82, 2.24) is 4.90 Å². The first-order chi connectivity index (χ1) is 15.0. The van der Waals surface area contributed by atoms with E-state index in [0.717, 1.165) is 25.3 Å². The normalized spacial score (nSPS) is 14.5. The summed E-state index contributed by atoms with van der Waals surface area (Å²) < 4.78 is 14.8. The molecule has 0 saturated heterocycles. The highest BCUT2D eigenvalue weighted by molar-refractivity contribution is 5.96. The zero-order valence-corrected chi connectivity index (χ0v) is 19.5. The van der Waals surface area contributed by atoms with Gasteiger partial charge in [0.25, 0.3) is 0 Å². The van der Waals surface area contributed by atoms with Crippen molar-refractivity contribution < 1.29 is 24.1 Å². The number of aliphatic hydroxyl groups excluding tert-OH is 1. The molecule has 0 atom stereocenters. The zero-order valence-electron chi connectivity index (χ0n) is 18.7. The van der Waals surface area contributed by atoms with E-state index in [1.54, 1.807) is 7.11 Å². The summed E-state index contributed by atoms with van der Waals surface area (Å²) in [6.45, 7) is 4.04. The van der Waals surface area contributed by atoms with Crippen LogP contribution in [0.3, 0.4) is 0 Å². The van der Waals surface area contributed by atoms with E-state index >= 15 is 0 Å². The van der Waals surface area contributed by atoms with E-state index in [2.05, 4.69) is 46.9 Å². The molecular weight excluding hydrogens is 430 g/mol. The summed E-state index contributed by atoms with van der Waals surface area (Å²) in [7, 11) is 2.91. The first-order valence-electron chi connectivity index (χ1n) is 10.3. The number of nitrogens with zero attached hydrogens (tertiary/aromatic N) is 1. The van der Waals surface area contributed by atoms with Gasteiger partial charge in [0, 0.05) is 19.5 Å². The molecule has 0 amide bonds. The molecule has 0 spiro atoms. The van der Waals surface area contributed by atoms with Crippen molar-refractivity contribution in [1.29, 1.82) is 0 Å². The van der Waals surface area contributed by atoms with Gasteiger partial charge < -0.3 is 19.3 Å². The molecule has 0 saturated carbocycles. The second-order valence-corrected chi connectivity index (χ2v) is 7.48. The van der Waals surface area contributed by atoms with Crippen LogP contribution in [0.5, 0.6) is 5.75 Å². The van der Waals surface area contributed by atoms with Gasteiger partial charge in [-0.2, -0.15) is 0 Å². The molecule has 2 aromatic carbocycles. The van der Waals surface area contributed by atoms with Crippen molar-refractivity contribution in [2.45, 2.75) is 19.8 Å². The van der Waals surface area contributed by atoms with Gasteiger partial charge >= 0.3 is 6.16 Å². The standard InChI is InChI=1S/C18H21NO5.C7H8.ClH/c1-22-14-4-3-12-9-13(15(12)10-14)5-7-19-8-6-16(20)17(11-19)24-18(21)23-2;1-7-5-3-2-4-6-7;/h3-4,9-10,20H,5-8,11H2,1-2H3;2-6H,1H3;1H. The molecule has 2 aliphatic rings. The maximum atomic E-state index is 11.2. The smallest absolute Gasteiger partial charge is 0.509 e. The Bertz CT molecular complexity index is 972. The van der Waals surface area contributed by atoms with Gasteiger partial charge in [-0.25, -0.2) is 4.79 Å². The molecule has 6 nitrogen and oxygen atoms in total. The predicted molar refractivity (Wildman–Crippen MR) is 128 cm³/mol. The molecule has 0 radical (unpaired) electrons. The van der Waals surface area contributed by atoms with Crippen LogP contribution in [0.15, 0.2) is 60.0 Å². The maximum Gasteiger partial charge on any atom is 0.513 e. The number of ether oxygens (including phenoxy) is 3. The number of carbonyl (C=O) groups excluding carboxylic acids is 1. The average molecular weight is 460 g/mol. The van der Waals surface area contributed by atoms with E-state index in [0.29, 0.717) is 13.0 Å². The number of methoxy groups -OCH3 is 2. The topological polar surface area (TPSA) is 68.2 Å². The van der Waals surface area contributed by atoms with Crippen LogP contribution in [-0.2, 0) is 9.47 Å². The number of carbonyl (C=O) groups is 1. The van der Waals surface area contributed by atoms with Gasteiger partial charge in [-0.15, -0.1) is 12.4 Å². The van der Waals surface area contributed by atoms with Crippen LogP contribution in [0.25, 0.3) is 11.6 Å². The lowest BCUT2D eigenvalue weighted by Gasteiger charge is -2.29. The Morgan fingerprint density at radius 1 is 1.12 bits per heavy atom. The van der Waals surface area contributed by atoms with Crippen LogP contribution in [0.1, 0.15) is 29.5 Å². The lowest BCUT2D eigenvalue weighted by atomic mass is 9.86. The molecule has 0 fully saturated rings. The third-order valence-corrected chi connectivity index (χ3v) is 5.30. The molecule has 1 N–H and O–H groups in total. The Balaban J connectivity index is 0.000000388. The fourth-order valence-electron chi connectivity index (χ4n) is 3.47. The summed E-state index contributed by atoms with van der Waals surface area (Å²) in [4.78, 5) is 13.4. The zero-order chi connectivity index (χ0) is 22.2. The molecule has 4 rings (SSSR count). The second-order valence-electron chi connectivity index (χ2n) is 7.48. The maximum absolute atomic E-state index is 11.2. The molecule has 1 aliphatic heterocycles. The number of fused-ring (bicyclic) bond motifs is 1. The molecule has 0 aromatic heterocycles. The number of aryl methyl sites for hydroxylation is 1. The predicted octanol–water partition coefficient (Wildman–Crippen LogP) is 5.61. The highest BCUT2D eigenvalue weighted by Gasteiger charge is 2.24. The number of halogens is 1. The van der Waals surface area contributed by atoms with Crippen molar-refractivity contribution in [2.75, 3.05) is 33.9 Å². The summed E-state index contributed by atoms with van der Waals surface area (Å²) in [6, 6.07) is 16.3. The van der Waals surface area contributed by atoms with Crippen LogP contribution in [-0.4, -0.2) is 50.0 Å². The Morgan fingerprint density at radius 2 is 1.88 bits per heavy atom. The fraction of sp³-hybridized carbons (Fsp3) is 0.320. The largest absolute Gasteiger partial charge is 0.513 e. The minimum Gasteiger partial charge on any atom is -0.509 e. The third-order valence-electron chi connectivity index (χ3n) is 5.30. The molecule has 32 heavy (non-hydrogen) atoms. The van der Waals surface area contributed by atoms with Gasteiger partial charge in [0.2, 0.25) is 0 Å². The number of hydrogen-bond acceptors (Lipinski definition) is 6. The number of rotatable bonds is 5. The third kappa shape index (κ3) is 6.77. The molecular formula is C25H30ClNO5. The van der Waals surface area contributed by atoms with Crippen molar-refractivity contribution in [3.63, 3.8) is 0 Å². The number of benzene rings is 2. The van der Waals surface area contributed by atoms with Gasteiger partial charge in [-0.05, 0) is 42.2 Å². The molecule has 1 aliphatic carbocycles. The Morgan fingerprint density at radius 3 is 2.50 bits per heavy atom. The minimum atomic E-state index is -0.805. The van der Waals surface area contributed by atoms with Crippen LogP contribution in [0, 0.1) is 6.92 Å². The highest BCUT2D eigenvalue weighted by atomic mass is 35.5. The molecule has 1 heterocycles. The lowest BCUT2D eigenvalue weighted by Crippen LogP contribution is -2.34. The van der Waals surface area contributed by atoms with Crippen molar-refractivity contribution in [2.24, 2.45) is 0 Å². The molecule has 0 unspecified atom stereocenters. The molecule has 172 valence electrons. The minimum absolute atomic E-state index is 0. The van der Waals surface area contributed by atoms with E-state index in [9.17, 15) is 9.90 Å².